The lowest BCUT2D eigenvalue weighted by molar-refractivity contribution is 0.131. The molecule has 2 aromatic rings. The van der Waals surface area contributed by atoms with Crippen LogP contribution in [0.3, 0.4) is 0 Å². The topological polar surface area (TPSA) is 51.3 Å². The normalized spacial score (nSPS) is 21.6. The van der Waals surface area contributed by atoms with Gasteiger partial charge in [-0.15, -0.1) is 0 Å². The van der Waals surface area contributed by atoms with Gasteiger partial charge in [-0.25, -0.2) is 0 Å². The smallest absolute Gasteiger partial charge is 0.0791 e. The third kappa shape index (κ3) is 2.97. The minimum atomic E-state index is -0.245. The van der Waals surface area contributed by atoms with Crippen LogP contribution >= 0.6 is 0 Å². The van der Waals surface area contributed by atoms with E-state index in [1.165, 1.54) is 16.5 Å². The third-order valence-electron chi connectivity index (χ3n) is 3.83. The highest BCUT2D eigenvalue weighted by atomic mass is 16.3. The van der Waals surface area contributed by atoms with Crippen molar-refractivity contribution in [3.05, 3.63) is 36.0 Å². The molecule has 1 aliphatic rings. The Labute approximate surface area is 113 Å². The van der Waals surface area contributed by atoms with E-state index in [0.29, 0.717) is 6.54 Å². The molecule has 0 saturated carbocycles. The van der Waals surface area contributed by atoms with Gasteiger partial charge in [-0.2, -0.15) is 0 Å². The van der Waals surface area contributed by atoms with Crippen molar-refractivity contribution in [2.24, 2.45) is 0 Å². The van der Waals surface area contributed by atoms with Gasteiger partial charge in [0.15, 0.2) is 0 Å². The zero-order valence-electron chi connectivity index (χ0n) is 11.1. The van der Waals surface area contributed by atoms with E-state index in [0.717, 1.165) is 32.6 Å². The van der Waals surface area contributed by atoms with Crippen LogP contribution in [-0.2, 0) is 6.42 Å². The summed E-state index contributed by atoms with van der Waals surface area (Å²) in [4.78, 5) is 5.66. The maximum absolute atomic E-state index is 9.78. The van der Waals surface area contributed by atoms with Crippen LogP contribution in [0.1, 0.15) is 5.56 Å². The number of aromatic nitrogens is 1. The number of aromatic amines is 1. The molecule has 3 N–H and O–H groups in total. The van der Waals surface area contributed by atoms with E-state index in [9.17, 15) is 5.11 Å². The van der Waals surface area contributed by atoms with Gasteiger partial charge in [-0.3, -0.25) is 4.90 Å². The molecule has 3 rings (SSSR count). The number of para-hydroxylation sites is 1. The number of aliphatic hydroxyl groups excluding tert-OH is 1. The van der Waals surface area contributed by atoms with Crippen molar-refractivity contribution in [2.45, 2.75) is 12.5 Å². The minimum absolute atomic E-state index is 0.245. The second kappa shape index (κ2) is 5.74. The van der Waals surface area contributed by atoms with Crippen LogP contribution < -0.4 is 5.32 Å². The number of benzene rings is 1. The van der Waals surface area contributed by atoms with Crippen molar-refractivity contribution >= 4 is 10.9 Å². The fraction of sp³-hybridized carbons (Fsp3) is 0.467. The zero-order chi connectivity index (χ0) is 13.1. The first-order chi connectivity index (χ1) is 9.33. The Morgan fingerprint density at radius 2 is 2.21 bits per heavy atom. The molecule has 2 heterocycles. The maximum atomic E-state index is 9.78. The number of hydrogen-bond acceptors (Lipinski definition) is 3. The number of hydrogen-bond donors (Lipinski definition) is 3. The molecule has 1 atom stereocenters. The van der Waals surface area contributed by atoms with Gasteiger partial charge < -0.3 is 15.4 Å². The lowest BCUT2D eigenvalue weighted by atomic mass is 10.1. The van der Waals surface area contributed by atoms with Gasteiger partial charge >= 0.3 is 0 Å². The molecule has 102 valence electrons. The van der Waals surface area contributed by atoms with Crippen molar-refractivity contribution in [2.75, 3.05) is 32.7 Å². The molecular formula is C15H21N3O. The van der Waals surface area contributed by atoms with Gasteiger partial charge in [0.1, 0.15) is 0 Å². The largest absolute Gasteiger partial charge is 0.390 e. The lowest BCUT2D eigenvalue weighted by Crippen LogP contribution is -2.34. The molecule has 1 fully saturated rings. The molecule has 4 nitrogen and oxygen atoms in total. The van der Waals surface area contributed by atoms with E-state index in [1.54, 1.807) is 0 Å². The molecule has 1 aromatic heterocycles. The van der Waals surface area contributed by atoms with Crippen molar-refractivity contribution in [3.8, 4) is 0 Å². The highest BCUT2D eigenvalue weighted by Gasteiger charge is 2.15. The van der Waals surface area contributed by atoms with Crippen LogP contribution in [-0.4, -0.2) is 53.8 Å². The van der Waals surface area contributed by atoms with Crippen LogP contribution in [0, 0.1) is 0 Å². The summed E-state index contributed by atoms with van der Waals surface area (Å²) in [5.41, 5.74) is 2.57. The summed E-state index contributed by atoms with van der Waals surface area (Å²) < 4.78 is 0. The SMILES string of the molecule is OC1CNCCN(CCc2c[nH]c3ccccc23)C1. The van der Waals surface area contributed by atoms with Gasteiger partial charge in [-0.05, 0) is 18.1 Å². The predicted octanol–water partition coefficient (Wildman–Crippen LogP) is 0.976. The van der Waals surface area contributed by atoms with Gasteiger partial charge in [-0.1, -0.05) is 18.2 Å². The molecule has 4 heteroatoms. The molecule has 1 saturated heterocycles. The summed E-state index contributed by atoms with van der Waals surface area (Å²) in [6, 6.07) is 8.41. The maximum Gasteiger partial charge on any atom is 0.0791 e. The lowest BCUT2D eigenvalue weighted by Gasteiger charge is -2.20. The molecule has 1 aromatic carbocycles. The van der Waals surface area contributed by atoms with E-state index in [-0.39, 0.29) is 6.10 Å². The Hall–Kier alpha value is -1.36. The van der Waals surface area contributed by atoms with Crippen molar-refractivity contribution in [3.63, 3.8) is 0 Å². The first kappa shape index (κ1) is 12.7. The molecule has 0 bridgehead atoms. The summed E-state index contributed by atoms with van der Waals surface area (Å²) >= 11 is 0. The van der Waals surface area contributed by atoms with E-state index in [2.05, 4.69) is 45.7 Å². The number of rotatable bonds is 3. The molecular weight excluding hydrogens is 238 g/mol. The average Bonchev–Trinajstić information content (AvgIpc) is 2.72. The first-order valence-corrected chi connectivity index (χ1v) is 6.99. The Morgan fingerprint density at radius 1 is 1.32 bits per heavy atom. The number of H-pyrrole nitrogens is 1. The standard InChI is InChI=1S/C15H21N3O/c19-13-10-16-6-8-18(11-13)7-5-12-9-17-15-4-2-1-3-14(12)15/h1-4,9,13,16-17,19H,5-8,10-11H2. The number of nitrogens with zero attached hydrogens (tertiary/aromatic N) is 1. The summed E-state index contributed by atoms with van der Waals surface area (Å²) in [6.07, 6.45) is 2.89. The summed E-state index contributed by atoms with van der Waals surface area (Å²) in [6.45, 7) is 4.46. The Kier molecular flexibility index (Phi) is 3.82. The second-order valence-electron chi connectivity index (χ2n) is 5.27. The molecule has 0 aliphatic carbocycles. The predicted molar refractivity (Wildman–Crippen MR) is 77.3 cm³/mol. The second-order valence-corrected chi connectivity index (χ2v) is 5.27. The molecule has 0 spiro atoms. The molecule has 0 radical (unpaired) electrons. The monoisotopic (exact) mass is 259 g/mol. The summed E-state index contributed by atoms with van der Waals surface area (Å²) in [5.74, 6) is 0. The highest BCUT2D eigenvalue weighted by Crippen LogP contribution is 2.18. The Balaban J connectivity index is 1.65. The van der Waals surface area contributed by atoms with E-state index in [1.807, 2.05) is 0 Å². The number of β-amino-alcohol motifs (C(OH)–C–C–N with tert-alkyl or cyclic N) is 1. The summed E-state index contributed by atoms with van der Waals surface area (Å²) in [7, 11) is 0. The fourth-order valence-electron chi connectivity index (χ4n) is 2.78. The van der Waals surface area contributed by atoms with Crippen LogP contribution in [0.4, 0.5) is 0 Å². The first-order valence-electron chi connectivity index (χ1n) is 6.99. The molecule has 0 amide bonds. The van der Waals surface area contributed by atoms with E-state index >= 15 is 0 Å². The van der Waals surface area contributed by atoms with Crippen LogP contribution in [0.15, 0.2) is 30.5 Å². The van der Waals surface area contributed by atoms with Crippen molar-refractivity contribution in [1.82, 2.24) is 15.2 Å². The van der Waals surface area contributed by atoms with Crippen LogP contribution in [0.5, 0.6) is 0 Å². The van der Waals surface area contributed by atoms with Crippen molar-refractivity contribution in [1.29, 1.82) is 0 Å². The highest BCUT2D eigenvalue weighted by molar-refractivity contribution is 5.83. The molecule has 19 heavy (non-hydrogen) atoms. The minimum Gasteiger partial charge on any atom is -0.390 e. The van der Waals surface area contributed by atoms with Gasteiger partial charge in [0.05, 0.1) is 6.10 Å². The van der Waals surface area contributed by atoms with E-state index < -0.39 is 0 Å². The number of fused-ring (bicyclic) bond motifs is 1. The van der Waals surface area contributed by atoms with Crippen molar-refractivity contribution < 1.29 is 5.11 Å². The molecule has 1 unspecified atom stereocenters. The zero-order valence-corrected chi connectivity index (χ0v) is 11.1. The third-order valence-corrected chi connectivity index (χ3v) is 3.83. The average molecular weight is 259 g/mol. The number of nitrogens with one attached hydrogen (secondary N) is 2. The van der Waals surface area contributed by atoms with E-state index in [4.69, 9.17) is 0 Å². The Bertz CT molecular complexity index is 537. The van der Waals surface area contributed by atoms with Gasteiger partial charge in [0.25, 0.3) is 0 Å². The summed E-state index contributed by atoms with van der Waals surface area (Å²) in [5, 5.41) is 14.3. The van der Waals surface area contributed by atoms with Crippen LogP contribution in [0.2, 0.25) is 0 Å². The number of aliphatic hydroxyl groups is 1. The molecule has 1 aliphatic heterocycles. The quantitative estimate of drug-likeness (QED) is 0.770. The fourth-order valence-corrected chi connectivity index (χ4v) is 2.78. The van der Waals surface area contributed by atoms with Crippen LogP contribution in [0.25, 0.3) is 10.9 Å². The van der Waals surface area contributed by atoms with Gasteiger partial charge in [0.2, 0.25) is 0 Å². The van der Waals surface area contributed by atoms with Gasteiger partial charge in [0, 0.05) is 49.8 Å². The Morgan fingerprint density at radius 3 is 3.16 bits per heavy atom.